The van der Waals surface area contributed by atoms with Crippen LogP contribution in [0.2, 0.25) is 5.02 Å². The zero-order valence-electron chi connectivity index (χ0n) is 28.3. The zero-order chi connectivity index (χ0) is 33.2. The largest absolute Gasteiger partial charge is 0.450 e. The van der Waals surface area contributed by atoms with Crippen LogP contribution < -0.4 is 4.90 Å². The Hall–Kier alpha value is -2.93. The molecule has 4 fully saturated rings. The molecule has 0 radical (unpaired) electrons. The molecule has 0 bridgehead atoms. The Morgan fingerprint density at radius 1 is 1.11 bits per heavy atom. The molecule has 1 aliphatic carbocycles. The molecular weight excluding hydrogens is 638 g/mol. The average Bonchev–Trinajstić information content (AvgIpc) is 3.58. The molecule has 1 aromatic carbocycles. The highest BCUT2D eigenvalue weighted by Gasteiger charge is 2.60. The van der Waals surface area contributed by atoms with Gasteiger partial charge in [-0.25, -0.2) is 4.68 Å². The molecule has 13 heteroatoms. The monoisotopic (exact) mass is 683 g/mol. The van der Waals surface area contributed by atoms with E-state index < -0.39 is 5.60 Å². The summed E-state index contributed by atoms with van der Waals surface area (Å²) in [6.07, 6.45) is 6.99. The lowest BCUT2D eigenvalue weighted by Gasteiger charge is -2.62. The number of ether oxygens (including phenoxy) is 2. The van der Waals surface area contributed by atoms with E-state index in [1.807, 2.05) is 47.7 Å². The van der Waals surface area contributed by atoms with Crippen LogP contribution in [0.1, 0.15) is 84.7 Å². The number of anilines is 1. The number of carbonyl (C=O) groups excluding carboxylic acids is 1. The van der Waals surface area contributed by atoms with Crippen molar-refractivity contribution >= 4 is 51.7 Å². The summed E-state index contributed by atoms with van der Waals surface area (Å²) in [4.78, 5) is 22.3. The molecule has 3 aliphatic heterocycles. The zero-order valence-corrected chi connectivity index (χ0v) is 29.9. The number of hydrogen-bond donors (Lipinski definition) is 0. The summed E-state index contributed by atoms with van der Waals surface area (Å²) >= 11 is 12.5. The van der Waals surface area contributed by atoms with E-state index in [0.717, 1.165) is 78.8 Å². The number of hydroxylamine groups is 2. The number of halogens is 1. The Balaban J connectivity index is 1.19. The second-order valence-electron chi connectivity index (χ2n) is 14.7. The van der Waals surface area contributed by atoms with Crippen molar-refractivity contribution in [2.75, 3.05) is 44.2 Å². The molecule has 5 heterocycles. The number of fused-ring (bicyclic) bond motifs is 1. The van der Waals surface area contributed by atoms with Gasteiger partial charge in [-0.1, -0.05) is 11.6 Å². The molecule has 1 spiro atoms. The Kier molecular flexibility index (Phi) is 8.46. The summed E-state index contributed by atoms with van der Waals surface area (Å²) in [5.41, 5.74) is 3.84. The number of rotatable bonds is 5. The van der Waals surface area contributed by atoms with E-state index in [0.29, 0.717) is 31.2 Å². The quantitative estimate of drug-likeness (QED) is 0.288. The van der Waals surface area contributed by atoms with Crippen LogP contribution in [-0.2, 0) is 19.1 Å². The lowest BCUT2D eigenvalue weighted by atomic mass is 9.57. The van der Waals surface area contributed by atoms with E-state index in [4.69, 9.17) is 48.3 Å². The molecule has 254 valence electrons. The van der Waals surface area contributed by atoms with E-state index in [-0.39, 0.29) is 34.9 Å². The fourth-order valence-corrected chi connectivity index (χ4v) is 8.48. The minimum Gasteiger partial charge on any atom is -0.450 e. The first kappa shape index (κ1) is 32.6. The van der Waals surface area contributed by atoms with E-state index >= 15 is 0 Å². The number of thiocarbonyl (C=S) groups is 1. The van der Waals surface area contributed by atoms with Gasteiger partial charge in [-0.2, -0.15) is 10.2 Å². The van der Waals surface area contributed by atoms with Crippen molar-refractivity contribution in [3.8, 4) is 11.1 Å². The first-order chi connectivity index (χ1) is 22.3. The van der Waals surface area contributed by atoms with Crippen LogP contribution in [0.15, 0.2) is 18.3 Å². The predicted molar refractivity (Wildman–Crippen MR) is 185 cm³/mol. The molecule has 2 atom stereocenters. The maximum absolute atomic E-state index is 12.1. The number of nitrogens with zero attached hydrogens (tertiary/aromatic N) is 7. The van der Waals surface area contributed by atoms with Crippen LogP contribution >= 0.6 is 23.8 Å². The molecule has 7 rings (SSSR count). The van der Waals surface area contributed by atoms with Gasteiger partial charge in [-0.05, 0) is 78.9 Å². The molecule has 4 aliphatic rings. The van der Waals surface area contributed by atoms with Crippen LogP contribution in [0.3, 0.4) is 0 Å². The number of amides is 1. The van der Waals surface area contributed by atoms with Crippen molar-refractivity contribution in [3.63, 3.8) is 0 Å². The summed E-state index contributed by atoms with van der Waals surface area (Å²) in [5, 5.41) is 14.0. The van der Waals surface area contributed by atoms with Gasteiger partial charge in [0.2, 0.25) is 5.91 Å². The number of carbonyl (C=O) groups is 1. The fourth-order valence-electron chi connectivity index (χ4n) is 7.87. The predicted octanol–water partition coefficient (Wildman–Crippen LogP) is 6.29. The minimum atomic E-state index is -0.397. The van der Waals surface area contributed by atoms with Crippen LogP contribution in [-0.4, -0.2) is 91.6 Å². The maximum Gasteiger partial charge on any atom is 0.372 e. The Morgan fingerprint density at radius 2 is 1.85 bits per heavy atom. The van der Waals surface area contributed by atoms with Crippen molar-refractivity contribution in [2.45, 2.75) is 97.6 Å². The van der Waals surface area contributed by atoms with Crippen LogP contribution in [0.25, 0.3) is 22.0 Å². The van der Waals surface area contributed by atoms with Crippen molar-refractivity contribution < 1.29 is 19.1 Å². The topological polar surface area (TPSA) is 90.1 Å². The molecule has 2 aromatic heterocycles. The van der Waals surface area contributed by atoms with E-state index in [1.54, 1.807) is 6.92 Å². The molecule has 1 amide bonds. The number of hydrogen-bond acceptors (Lipinski definition) is 9. The van der Waals surface area contributed by atoms with Crippen LogP contribution in [0, 0.1) is 12.3 Å². The van der Waals surface area contributed by atoms with Crippen molar-refractivity contribution in [3.05, 3.63) is 29.0 Å². The second-order valence-corrected chi connectivity index (χ2v) is 15.5. The van der Waals surface area contributed by atoms with Gasteiger partial charge in [0.15, 0.2) is 12.0 Å². The summed E-state index contributed by atoms with van der Waals surface area (Å²) in [5.74, 6) is 1.02. The standard InChI is InChI=1S/C34H46ClN7O4S/c1-21-29(30-25-19-36-42(27(25)11-10-26(30)35)28-9-7-8-16-44-28)31(39-14-12-38(13-15-39)23(3)43)37-41(21)24-17-34(18-24)20-40(22(34)2)46-32(47)45-33(4,5)6/h10-11,19,22,24,28H,7-9,12-18,20H2,1-6H3. The van der Waals surface area contributed by atoms with Gasteiger partial charge >= 0.3 is 5.24 Å². The van der Waals surface area contributed by atoms with Gasteiger partial charge < -0.3 is 24.1 Å². The SMILES string of the molecule is CC(=O)N1CCN(c2nn(C3CC4(C3)CN(OC(=S)OC(C)(C)C)C4C)c(C)c2-c2c(Cl)ccc3c2cnn3C2CCCCO2)CC1. The maximum atomic E-state index is 12.1. The van der Waals surface area contributed by atoms with Crippen molar-refractivity contribution in [1.29, 1.82) is 0 Å². The van der Waals surface area contributed by atoms with Gasteiger partial charge in [0.1, 0.15) is 5.60 Å². The number of benzene rings is 1. The highest BCUT2D eigenvalue weighted by molar-refractivity contribution is 7.79. The highest BCUT2D eigenvalue weighted by Crippen LogP contribution is 2.59. The fraction of sp³-hybridized carbons (Fsp3) is 0.647. The summed E-state index contributed by atoms with van der Waals surface area (Å²) in [7, 11) is 0. The van der Waals surface area contributed by atoms with Gasteiger partial charge in [0, 0.05) is 91.1 Å². The van der Waals surface area contributed by atoms with Gasteiger partial charge in [0.05, 0.1) is 23.8 Å². The smallest absolute Gasteiger partial charge is 0.372 e. The minimum absolute atomic E-state index is 0.0771. The van der Waals surface area contributed by atoms with Gasteiger partial charge in [-0.15, -0.1) is 5.06 Å². The number of aromatic nitrogens is 4. The van der Waals surface area contributed by atoms with E-state index in [1.165, 1.54) is 0 Å². The lowest BCUT2D eigenvalue weighted by molar-refractivity contribution is -0.277. The molecular formula is C34H46ClN7O4S. The van der Waals surface area contributed by atoms with Gasteiger partial charge in [-0.3, -0.25) is 9.48 Å². The number of piperazine rings is 1. The third kappa shape index (κ3) is 5.89. The molecule has 47 heavy (non-hydrogen) atoms. The first-order valence-corrected chi connectivity index (χ1v) is 17.7. The molecule has 0 N–H and O–H groups in total. The summed E-state index contributed by atoms with van der Waals surface area (Å²) in [6.45, 7) is 16.2. The van der Waals surface area contributed by atoms with Crippen LogP contribution in [0.5, 0.6) is 0 Å². The second kappa shape index (κ2) is 12.2. The molecule has 3 saturated heterocycles. The lowest BCUT2D eigenvalue weighted by Crippen LogP contribution is -2.68. The van der Waals surface area contributed by atoms with E-state index in [2.05, 4.69) is 29.5 Å². The third-order valence-electron chi connectivity index (χ3n) is 10.6. The Bertz CT molecular complexity index is 1680. The average molecular weight is 684 g/mol. The molecule has 2 unspecified atom stereocenters. The molecule has 11 nitrogen and oxygen atoms in total. The van der Waals surface area contributed by atoms with Crippen molar-refractivity contribution in [2.24, 2.45) is 5.41 Å². The highest BCUT2D eigenvalue weighted by atomic mass is 35.5. The first-order valence-electron chi connectivity index (χ1n) is 16.9. The summed E-state index contributed by atoms with van der Waals surface area (Å²) < 4.78 is 16.1. The molecule has 1 saturated carbocycles. The van der Waals surface area contributed by atoms with Crippen LogP contribution in [0.4, 0.5) is 5.82 Å². The normalized spacial score (nSPS) is 26.7. The van der Waals surface area contributed by atoms with E-state index in [9.17, 15) is 4.79 Å². The summed E-state index contributed by atoms with van der Waals surface area (Å²) in [6, 6.07) is 4.49. The Morgan fingerprint density at radius 3 is 2.49 bits per heavy atom. The third-order valence-corrected chi connectivity index (χ3v) is 11.0. The van der Waals surface area contributed by atoms with Crippen molar-refractivity contribution in [1.82, 2.24) is 29.5 Å². The Labute approximate surface area is 287 Å². The van der Waals surface area contributed by atoms with Gasteiger partial charge in [0.25, 0.3) is 0 Å². The molecule has 3 aromatic rings.